The molecule has 0 aliphatic heterocycles. The van der Waals surface area contributed by atoms with E-state index in [4.69, 9.17) is 9.47 Å². The maximum Gasteiger partial charge on any atom is 0.267 e. The molecular formula is C15H16N2O4. The minimum atomic E-state index is -0.237. The van der Waals surface area contributed by atoms with Crippen LogP contribution >= 0.6 is 0 Å². The van der Waals surface area contributed by atoms with Gasteiger partial charge in [0.05, 0.1) is 19.2 Å². The van der Waals surface area contributed by atoms with Crippen LogP contribution in [0.3, 0.4) is 0 Å². The van der Waals surface area contributed by atoms with E-state index in [0.717, 1.165) is 0 Å². The number of para-hydroxylation sites is 1. The van der Waals surface area contributed by atoms with Crippen LogP contribution in [0.2, 0.25) is 0 Å². The van der Waals surface area contributed by atoms with Crippen LogP contribution < -0.4 is 15.0 Å². The average Bonchev–Trinajstić information content (AvgIpc) is 2.49. The van der Waals surface area contributed by atoms with E-state index in [1.807, 2.05) is 0 Å². The predicted octanol–water partition coefficient (Wildman–Crippen LogP) is 1.53. The number of hydrogen-bond acceptors (Lipinski definition) is 5. The van der Waals surface area contributed by atoms with Crippen molar-refractivity contribution in [2.24, 2.45) is 0 Å². The minimum Gasteiger partial charge on any atom is -0.491 e. The monoisotopic (exact) mass is 288 g/mol. The molecule has 0 aliphatic rings. The van der Waals surface area contributed by atoms with Gasteiger partial charge in [-0.15, -0.1) is 5.10 Å². The third kappa shape index (κ3) is 3.68. The summed E-state index contributed by atoms with van der Waals surface area (Å²) in [6.07, 6.45) is 0. The SMILES string of the molecule is COc1ccc(=O)n(CCOc2ccccc2C(C)=O)n1. The maximum atomic E-state index is 11.6. The zero-order chi connectivity index (χ0) is 15.2. The maximum absolute atomic E-state index is 11.6. The van der Waals surface area contributed by atoms with E-state index in [1.54, 1.807) is 24.3 Å². The van der Waals surface area contributed by atoms with Crippen molar-refractivity contribution in [1.82, 2.24) is 9.78 Å². The molecule has 0 amide bonds. The van der Waals surface area contributed by atoms with Gasteiger partial charge in [-0.1, -0.05) is 12.1 Å². The molecule has 2 aromatic rings. The van der Waals surface area contributed by atoms with Crippen molar-refractivity contribution in [3.63, 3.8) is 0 Å². The zero-order valence-corrected chi connectivity index (χ0v) is 11.9. The summed E-state index contributed by atoms with van der Waals surface area (Å²) >= 11 is 0. The number of ether oxygens (including phenoxy) is 2. The summed E-state index contributed by atoms with van der Waals surface area (Å²) in [5.74, 6) is 0.793. The Kier molecular flexibility index (Phi) is 4.71. The molecule has 6 nitrogen and oxygen atoms in total. The second-order valence-electron chi connectivity index (χ2n) is 4.34. The third-order valence-corrected chi connectivity index (χ3v) is 2.88. The molecule has 2 rings (SSSR count). The van der Waals surface area contributed by atoms with E-state index in [9.17, 15) is 9.59 Å². The molecule has 0 bridgehead atoms. The average molecular weight is 288 g/mol. The fourth-order valence-corrected chi connectivity index (χ4v) is 1.82. The van der Waals surface area contributed by atoms with Crippen LogP contribution in [0, 0.1) is 0 Å². The minimum absolute atomic E-state index is 0.0673. The topological polar surface area (TPSA) is 70.4 Å². The third-order valence-electron chi connectivity index (χ3n) is 2.88. The quantitative estimate of drug-likeness (QED) is 0.754. The number of Topliss-reactive ketones (excluding diaryl/α,β-unsaturated/α-hetero) is 1. The molecule has 0 radical (unpaired) electrons. The van der Waals surface area contributed by atoms with E-state index in [-0.39, 0.29) is 24.5 Å². The summed E-state index contributed by atoms with van der Waals surface area (Å²) in [5, 5.41) is 4.01. The molecule has 0 unspecified atom stereocenters. The normalized spacial score (nSPS) is 10.2. The fourth-order valence-electron chi connectivity index (χ4n) is 1.82. The van der Waals surface area contributed by atoms with E-state index in [1.165, 1.54) is 30.8 Å². The molecule has 0 aliphatic carbocycles. The summed E-state index contributed by atoms with van der Waals surface area (Å²) in [6, 6.07) is 9.88. The molecule has 0 N–H and O–H groups in total. The Hall–Kier alpha value is -2.63. The van der Waals surface area contributed by atoms with Gasteiger partial charge in [0.2, 0.25) is 5.88 Å². The van der Waals surface area contributed by atoms with Crippen LogP contribution in [0.5, 0.6) is 11.6 Å². The van der Waals surface area contributed by atoms with Crippen molar-refractivity contribution in [3.8, 4) is 11.6 Å². The van der Waals surface area contributed by atoms with Crippen molar-refractivity contribution in [2.75, 3.05) is 13.7 Å². The van der Waals surface area contributed by atoms with Crippen molar-refractivity contribution in [1.29, 1.82) is 0 Å². The van der Waals surface area contributed by atoms with Gasteiger partial charge < -0.3 is 9.47 Å². The van der Waals surface area contributed by atoms with Gasteiger partial charge in [0, 0.05) is 12.1 Å². The molecule has 0 spiro atoms. The second kappa shape index (κ2) is 6.69. The first-order valence-corrected chi connectivity index (χ1v) is 6.46. The van der Waals surface area contributed by atoms with Crippen molar-refractivity contribution >= 4 is 5.78 Å². The Morgan fingerprint density at radius 3 is 2.71 bits per heavy atom. The van der Waals surface area contributed by atoms with Gasteiger partial charge in [0.1, 0.15) is 12.4 Å². The first-order valence-electron chi connectivity index (χ1n) is 6.46. The first kappa shape index (κ1) is 14.8. The Morgan fingerprint density at radius 2 is 2.00 bits per heavy atom. The Labute approximate surface area is 121 Å². The predicted molar refractivity (Wildman–Crippen MR) is 77.0 cm³/mol. The van der Waals surface area contributed by atoms with Gasteiger partial charge in [0.25, 0.3) is 5.56 Å². The first-order chi connectivity index (χ1) is 10.1. The lowest BCUT2D eigenvalue weighted by molar-refractivity contribution is 0.101. The smallest absolute Gasteiger partial charge is 0.267 e. The number of ketones is 1. The van der Waals surface area contributed by atoms with Crippen LogP contribution in [0.25, 0.3) is 0 Å². The fraction of sp³-hybridized carbons (Fsp3) is 0.267. The van der Waals surface area contributed by atoms with Crippen molar-refractivity contribution in [3.05, 3.63) is 52.3 Å². The molecule has 21 heavy (non-hydrogen) atoms. The van der Waals surface area contributed by atoms with Crippen LogP contribution in [0.1, 0.15) is 17.3 Å². The number of hydrogen-bond donors (Lipinski definition) is 0. The van der Waals surface area contributed by atoms with Gasteiger partial charge >= 0.3 is 0 Å². The summed E-state index contributed by atoms with van der Waals surface area (Å²) in [5.41, 5.74) is 0.280. The highest BCUT2D eigenvalue weighted by molar-refractivity contribution is 5.96. The van der Waals surface area contributed by atoms with Gasteiger partial charge in [-0.3, -0.25) is 9.59 Å². The second-order valence-corrected chi connectivity index (χ2v) is 4.34. The van der Waals surface area contributed by atoms with Crippen LogP contribution in [-0.4, -0.2) is 29.3 Å². The van der Waals surface area contributed by atoms with Crippen LogP contribution in [0.15, 0.2) is 41.2 Å². The van der Waals surface area contributed by atoms with E-state index >= 15 is 0 Å². The molecule has 0 atom stereocenters. The number of methoxy groups -OCH3 is 1. The number of rotatable bonds is 6. The molecule has 6 heteroatoms. The molecule has 1 aromatic heterocycles. The molecule has 1 aromatic carbocycles. The number of aromatic nitrogens is 2. The van der Waals surface area contributed by atoms with Crippen LogP contribution in [-0.2, 0) is 6.54 Å². The van der Waals surface area contributed by atoms with Gasteiger partial charge in [0.15, 0.2) is 5.78 Å². The molecule has 0 saturated carbocycles. The zero-order valence-electron chi connectivity index (χ0n) is 11.9. The Morgan fingerprint density at radius 1 is 1.24 bits per heavy atom. The Balaban J connectivity index is 2.05. The van der Waals surface area contributed by atoms with Crippen molar-refractivity contribution in [2.45, 2.75) is 13.5 Å². The van der Waals surface area contributed by atoms with Gasteiger partial charge in [-0.25, -0.2) is 4.68 Å². The van der Waals surface area contributed by atoms with E-state index in [0.29, 0.717) is 17.2 Å². The lowest BCUT2D eigenvalue weighted by atomic mass is 10.1. The van der Waals surface area contributed by atoms with E-state index < -0.39 is 0 Å². The number of carbonyl (C=O) groups excluding carboxylic acids is 1. The summed E-state index contributed by atoms with van der Waals surface area (Å²) in [4.78, 5) is 23.1. The summed E-state index contributed by atoms with van der Waals surface area (Å²) in [6.45, 7) is 1.98. The molecule has 0 fully saturated rings. The molecular weight excluding hydrogens is 272 g/mol. The largest absolute Gasteiger partial charge is 0.491 e. The highest BCUT2D eigenvalue weighted by Gasteiger charge is 2.07. The molecule has 110 valence electrons. The van der Waals surface area contributed by atoms with Gasteiger partial charge in [-0.2, -0.15) is 0 Å². The number of nitrogens with zero attached hydrogens (tertiary/aromatic N) is 2. The number of benzene rings is 1. The van der Waals surface area contributed by atoms with E-state index in [2.05, 4.69) is 5.10 Å². The Bertz CT molecular complexity index is 694. The van der Waals surface area contributed by atoms with Crippen molar-refractivity contribution < 1.29 is 14.3 Å². The lowest BCUT2D eigenvalue weighted by Crippen LogP contribution is -2.25. The lowest BCUT2D eigenvalue weighted by Gasteiger charge is -2.10. The number of carbonyl (C=O) groups is 1. The summed E-state index contributed by atoms with van der Waals surface area (Å²) in [7, 11) is 1.48. The molecule has 0 saturated heterocycles. The highest BCUT2D eigenvalue weighted by Crippen LogP contribution is 2.18. The standard InChI is InChI=1S/C15H16N2O4/c1-11(18)12-5-3-4-6-13(12)21-10-9-17-15(19)8-7-14(16-17)20-2/h3-8H,9-10H2,1-2H3. The summed E-state index contributed by atoms with van der Waals surface area (Å²) < 4.78 is 11.8. The van der Waals surface area contributed by atoms with Gasteiger partial charge in [-0.05, 0) is 19.1 Å². The van der Waals surface area contributed by atoms with Crippen LogP contribution in [0.4, 0.5) is 0 Å². The molecule has 1 heterocycles. The highest BCUT2D eigenvalue weighted by atomic mass is 16.5.